The Morgan fingerprint density at radius 3 is 2.89 bits per heavy atom. The Morgan fingerprint density at radius 1 is 1.58 bits per heavy atom. The third-order valence-electron chi connectivity index (χ3n) is 2.89. The number of carbonyl (C=O) groups excluding carboxylic acids is 2. The van der Waals surface area contributed by atoms with E-state index in [4.69, 9.17) is 0 Å². The van der Waals surface area contributed by atoms with Crippen molar-refractivity contribution in [3.05, 3.63) is 28.2 Å². The van der Waals surface area contributed by atoms with Gasteiger partial charge in [-0.25, -0.2) is 4.79 Å². The second kappa shape index (κ2) is 4.92. The van der Waals surface area contributed by atoms with Crippen molar-refractivity contribution in [2.24, 2.45) is 0 Å². The molecule has 0 saturated heterocycles. The summed E-state index contributed by atoms with van der Waals surface area (Å²) in [5, 5.41) is 22.8. The quantitative estimate of drug-likeness (QED) is 0.702. The van der Waals surface area contributed by atoms with E-state index >= 15 is 0 Å². The van der Waals surface area contributed by atoms with Crippen molar-refractivity contribution < 1.29 is 24.5 Å². The van der Waals surface area contributed by atoms with E-state index in [1.165, 1.54) is 0 Å². The first-order valence-electron chi connectivity index (χ1n) is 5.60. The van der Waals surface area contributed by atoms with Crippen molar-refractivity contribution >= 4 is 33.5 Å². The first kappa shape index (κ1) is 14.0. The first-order valence-corrected chi connectivity index (χ1v) is 6.39. The number of rotatable bonds is 3. The number of ether oxygens (including phenoxy) is 1. The number of halogens is 1. The predicted molar refractivity (Wildman–Crippen MR) is 69.3 cm³/mol. The molecular formula is C12H12BrNO5. The Hall–Kier alpha value is -1.44. The monoisotopic (exact) mass is 329 g/mol. The average molecular weight is 330 g/mol. The highest BCUT2D eigenvalue weighted by Crippen LogP contribution is 2.42. The smallest absolute Gasteiger partial charge is 0.338 e. The van der Waals surface area contributed by atoms with Crippen LogP contribution in [0.1, 0.15) is 12.5 Å². The summed E-state index contributed by atoms with van der Waals surface area (Å²) in [7, 11) is 0. The highest BCUT2D eigenvalue weighted by atomic mass is 79.9. The lowest BCUT2D eigenvalue weighted by molar-refractivity contribution is -0.174. The number of aliphatic hydroxyl groups excluding tert-OH is 1. The number of anilines is 1. The van der Waals surface area contributed by atoms with Crippen molar-refractivity contribution in [2.75, 3.05) is 11.9 Å². The van der Waals surface area contributed by atoms with E-state index in [0.717, 1.165) is 0 Å². The molecule has 2 atom stereocenters. The van der Waals surface area contributed by atoms with Gasteiger partial charge in [-0.1, -0.05) is 22.0 Å². The van der Waals surface area contributed by atoms with Gasteiger partial charge in [0.15, 0.2) is 6.10 Å². The first-order chi connectivity index (χ1) is 8.92. The van der Waals surface area contributed by atoms with Crippen LogP contribution < -0.4 is 5.32 Å². The summed E-state index contributed by atoms with van der Waals surface area (Å²) in [6, 6.07) is 4.82. The zero-order valence-electron chi connectivity index (χ0n) is 10.0. The van der Waals surface area contributed by atoms with Crippen LogP contribution in [0.3, 0.4) is 0 Å². The minimum atomic E-state index is -2.36. The minimum absolute atomic E-state index is 0.0381. The molecule has 0 radical (unpaired) electrons. The Balaban J connectivity index is 2.50. The fourth-order valence-corrected chi connectivity index (χ4v) is 2.67. The van der Waals surface area contributed by atoms with Crippen LogP contribution in [-0.2, 0) is 19.9 Å². The minimum Gasteiger partial charge on any atom is -0.464 e. The standard InChI is InChI=1S/C12H12BrNO5/c1-2-19-10(16)9(15)12(18)8-6(13)4-3-5-7(8)14-11(12)17/h3-5,9,15,18H,2H2,1H3,(H,14,17)/t9-,12+/m1/s1. The molecule has 3 N–H and O–H groups in total. The molecule has 1 aromatic carbocycles. The maximum absolute atomic E-state index is 11.9. The number of benzene rings is 1. The van der Waals surface area contributed by atoms with Gasteiger partial charge in [-0.15, -0.1) is 0 Å². The van der Waals surface area contributed by atoms with Crippen molar-refractivity contribution in [1.82, 2.24) is 0 Å². The normalized spacial score (nSPS) is 22.6. The van der Waals surface area contributed by atoms with E-state index < -0.39 is 23.6 Å². The van der Waals surface area contributed by atoms with Crippen LogP contribution >= 0.6 is 15.9 Å². The molecule has 0 saturated carbocycles. The molecule has 102 valence electrons. The van der Waals surface area contributed by atoms with Gasteiger partial charge in [0.25, 0.3) is 5.91 Å². The second-order valence-electron chi connectivity index (χ2n) is 4.04. The van der Waals surface area contributed by atoms with E-state index in [1.807, 2.05) is 0 Å². The summed E-state index contributed by atoms with van der Waals surface area (Å²) < 4.78 is 5.05. The molecule has 0 unspecified atom stereocenters. The molecule has 19 heavy (non-hydrogen) atoms. The maximum atomic E-state index is 11.9. The van der Waals surface area contributed by atoms with E-state index in [-0.39, 0.29) is 12.2 Å². The van der Waals surface area contributed by atoms with Crippen LogP contribution in [-0.4, -0.2) is 34.8 Å². The Kier molecular flexibility index (Phi) is 3.62. The van der Waals surface area contributed by atoms with Gasteiger partial charge in [-0.05, 0) is 19.1 Å². The lowest BCUT2D eigenvalue weighted by Crippen LogP contribution is -2.50. The molecule has 0 fully saturated rings. The van der Waals surface area contributed by atoms with Crippen LogP contribution in [0.5, 0.6) is 0 Å². The Morgan fingerprint density at radius 2 is 2.26 bits per heavy atom. The predicted octanol–water partition coefficient (Wildman–Crippen LogP) is 0.513. The summed E-state index contributed by atoms with van der Waals surface area (Å²) in [6.45, 7) is 1.60. The van der Waals surface area contributed by atoms with Gasteiger partial charge < -0.3 is 20.3 Å². The summed E-state index contributed by atoms with van der Waals surface area (Å²) in [6.07, 6.45) is -1.99. The summed E-state index contributed by atoms with van der Waals surface area (Å²) in [4.78, 5) is 23.5. The van der Waals surface area contributed by atoms with Crippen LogP contribution in [0.15, 0.2) is 22.7 Å². The number of hydrogen-bond acceptors (Lipinski definition) is 5. The lowest BCUT2D eigenvalue weighted by atomic mass is 9.89. The van der Waals surface area contributed by atoms with Gasteiger partial charge in [0.2, 0.25) is 5.60 Å². The number of esters is 1. The number of amides is 1. The number of hydrogen-bond donors (Lipinski definition) is 3. The largest absolute Gasteiger partial charge is 0.464 e. The Labute approximate surface area is 117 Å². The number of nitrogens with one attached hydrogen (secondary N) is 1. The van der Waals surface area contributed by atoms with Crippen molar-refractivity contribution in [2.45, 2.75) is 18.6 Å². The van der Waals surface area contributed by atoms with Crippen molar-refractivity contribution in [1.29, 1.82) is 0 Å². The highest BCUT2D eigenvalue weighted by molar-refractivity contribution is 9.10. The Bertz CT molecular complexity index is 547. The van der Waals surface area contributed by atoms with Gasteiger partial charge in [0, 0.05) is 15.7 Å². The maximum Gasteiger partial charge on any atom is 0.338 e. The fourth-order valence-electron chi connectivity index (χ4n) is 2.00. The summed E-state index contributed by atoms with van der Waals surface area (Å²) in [5.74, 6) is -1.92. The molecular weight excluding hydrogens is 318 g/mol. The van der Waals surface area contributed by atoms with Crippen LogP contribution in [0, 0.1) is 0 Å². The molecule has 6 nitrogen and oxygen atoms in total. The average Bonchev–Trinajstić information content (AvgIpc) is 2.63. The molecule has 1 amide bonds. The van der Waals surface area contributed by atoms with Crippen molar-refractivity contribution in [3.8, 4) is 0 Å². The fraction of sp³-hybridized carbons (Fsp3) is 0.333. The van der Waals surface area contributed by atoms with Gasteiger partial charge in [-0.2, -0.15) is 0 Å². The van der Waals surface area contributed by atoms with Crippen LogP contribution in [0.2, 0.25) is 0 Å². The molecule has 1 aliphatic heterocycles. The van der Waals surface area contributed by atoms with Crippen LogP contribution in [0.25, 0.3) is 0 Å². The second-order valence-corrected chi connectivity index (χ2v) is 4.89. The van der Waals surface area contributed by atoms with Gasteiger partial charge in [0.05, 0.1) is 6.61 Å². The van der Waals surface area contributed by atoms with E-state index in [1.54, 1.807) is 25.1 Å². The van der Waals surface area contributed by atoms with Gasteiger partial charge in [0.1, 0.15) is 0 Å². The SMILES string of the molecule is CCOC(=O)[C@@H](O)[C@]1(O)C(=O)Nc2cccc(Br)c21. The highest BCUT2D eigenvalue weighted by Gasteiger charge is 2.55. The number of aliphatic hydroxyl groups is 2. The molecule has 0 aliphatic carbocycles. The van der Waals surface area contributed by atoms with E-state index in [9.17, 15) is 19.8 Å². The molecule has 0 aromatic heterocycles. The molecule has 1 heterocycles. The molecule has 1 aliphatic rings. The van der Waals surface area contributed by atoms with Crippen molar-refractivity contribution in [3.63, 3.8) is 0 Å². The lowest BCUT2D eigenvalue weighted by Gasteiger charge is -2.25. The van der Waals surface area contributed by atoms with Crippen LogP contribution in [0.4, 0.5) is 5.69 Å². The summed E-state index contributed by atoms with van der Waals surface area (Å²) >= 11 is 3.19. The van der Waals surface area contributed by atoms with Gasteiger partial charge >= 0.3 is 5.97 Å². The molecule has 2 rings (SSSR count). The third-order valence-corrected chi connectivity index (χ3v) is 3.56. The molecule has 7 heteroatoms. The molecule has 0 bridgehead atoms. The zero-order chi connectivity index (χ0) is 14.2. The van der Waals surface area contributed by atoms with E-state index in [2.05, 4.69) is 26.0 Å². The van der Waals surface area contributed by atoms with Gasteiger partial charge in [-0.3, -0.25) is 4.79 Å². The molecule has 1 aromatic rings. The third kappa shape index (κ3) is 2.03. The number of carbonyl (C=O) groups is 2. The summed E-state index contributed by atoms with van der Waals surface area (Å²) in [5.41, 5.74) is -1.90. The number of fused-ring (bicyclic) bond motifs is 1. The molecule has 0 spiro atoms. The zero-order valence-corrected chi connectivity index (χ0v) is 11.6. The van der Waals surface area contributed by atoms with E-state index in [0.29, 0.717) is 10.2 Å². The topological polar surface area (TPSA) is 95.9 Å².